The minimum Gasteiger partial charge on any atom is -0.320 e. The van der Waals surface area contributed by atoms with E-state index in [1.54, 1.807) is 7.05 Å². The third-order valence-electron chi connectivity index (χ3n) is 3.16. The minimum absolute atomic E-state index is 0.0752. The Labute approximate surface area is 127 Å². The molecule has 0 radical (unpaired) electrons. The Morgan fingerprint density at radius 2 is 2.00 bits per heavy atom. The molecular formula is C15H23N3O2S. The molecule has 0 saturated carbocycles. The molecule has 1 unspecified atom stereocenters. The molecule has 1 heterocycles. The van der Waals surface area contributed by atoms with Crippen molar-refractivity contribution in [1.29, 1.82) is 0 Å². The molecule has 0 bridgehead atoms. The van der Waals surface area contributed by atoms with Crippen LogP contribution in [0.3, 0.4) is 0 Å². The lowest BCUT2D eigenvalue weighted by Crippen LogP contribution is -2.36. The topological polar surface area (TPSA) is 76.3 Å². The number of rotatable bonds is 5. The normalized spacial score (nSPS) is 13.1. The van der Waals surface area contributed by atoms with Gasteiger partial charge in [0.2, 0.25) is 10.0 Å². The second-order valence-corrected chi connectivity index (χ2v) is 7.41. The molecule has 2 N–H and O–H groups in total. The average molecular weight is 309 g/mol. The lowest BCUT2D eigenvalue weighted by molar-refractivity contribution is 0.337. The fraction of sp³-hybridized carbons (Fsp3) is 0.533. The molecule has 0 saturated heterocycles. The Kier molecular flexibility index (Phi) is 6.34. The van der Waals surface area contributed by atoms with Crippen LogP contribution in [-0.2, 0) is 10.0 Å². The lowest BCUT2D eigenvalue weighted by Gasteiger charge is -2.25. The molecule has 1 aromatic heterocycles. The van der Waals surface area contributed by atoms with Gasteiger partial charge in [0.15, 0.2) is 0 Å². The summed E-state index contributed by atoms with van der Waals surface area (Å²) in [4.78, 5) is 4.11. The molecule has 6 heteroatoms. The lowest BCUT2D eigenvalue weighted by atomic mass is 10.1. The summed E-state index contributed by atoms with van der Waals surface area (Å²) < 4.78 is 26.6. The van der Waals surface area contributed by atoms with Gasteiger partial charge < -0.3 is 5.73 Å². The van der Waals surface area contributed by atoms with Crippen molar-refractivity contribution in [2.24, 2.45) is 11.7 Å². The summed E-state index contributed by atoms with van der Waals surface area (Å²) in [6.07, 6.45) is 3.68. The highest BCUT2D eigenvalue weighted by Crippen LogP contribution is 2.19. The molecular weight excluding hydrogens is 286 g/mol. The fourth-order valence-electron chi connectivity index (χ4n) is 2.02. The first-order chi connectivity index (χ1) is 9.78. The van der Waals surface area contributed by atoms with Gasteiger partial charge in [-0.15, -0.1) is 0 Å². The summed E-state index contributed by atoms with van der Waals surface area (Å²) in [7, 11) is -1.96. The average Bonchev–Trinajstić information content (AvgIpc) is 2.43. The zero-order chi connectivity index (χ0) is 16.0. The van der Waals surface area contributed by atoms with Crippen molar-refractivity contribution >= 4 is 10.0 Å². The molecule has 0 spiro atoms. The number of pyridine rings is 1. The highest BCUT2D eigenvalue weighted by molar-refractivity contribution is 7.89. The van der Waals surface area contributed by atoms with Crippen molar-refractivity contribution in [2.75, 3.05) is 13.6 Å². The number of nitrogens with zero attached hydrogens (tertiary/aromatic N) is 2. The Bertz CT molecular complexity index is 630. The van der Waals surface area contributed by atoms with E-state index in [1.165, 1.54) is 22.8 Å². The number of hydrogen-bond acceptors (Lipinski definition) is 4. The molecule has 21 heavy (non-hydrogen) atoms. The Hall–Kier alpha value is -1.42. The van der Waals surface area contributed by atoms with Gasteiger partial charge in [-0.25, -0.2) is 8.42 Å². The van der Waals surface area contributed by atoms with Crippen LogP contribution in [0.4, 0.5) is 0 Å². The summed E-state index contributed by atoms with van der Waals surface area (Å²) in [5.41, 5.74) is 5.86. The maximum atomic E-state index is 12.6. The van der Waals surface area contributed by atoms with E-state index in [0.717, 1.165) is 6.42 Å². The molecule has 0 fully saturated rings. The van der Waals surface area contributed by atoms with Gasteiger partial charge in [0.25, 0.3) is 0 Å². The van der Waals surface area contributed by atoms with Gasteiger partial charge in [0.1, 0.15) is 4.90 Å². The molecule has 1 atom stereocenters. The van der Waals surface area contributed by atoms with Crippen LogP contribution in [0, 0.1) is 17.8 Å². The van der Waals surface area contributed by atoms with Gasteiger partial charge in [-0.05, 0) is 25.3 Å². The van der Waals surface area contributed by atoms with E-state index in [2.05, 4.69) is 30.7 Å². The number of aromatic nitrogens is 1. The number of hydrogen-bond donors (Lipinski definition) is 1. The van der Waals surface area contributed by atoms with Crippen LogP contribution >= 0.6 is 0 Å². The van der Waals surface area contributed by atoms with Crippen molar-refractivity contribution in [2.45, 2.75) is 38.1 Å². The third kappa shape index (κ3) is 4.81. The summed E-state index contributed by atoms with van der Waals surface area (Å²) in [6.45, 7) is 6.27. The first-order valence-electron chi connectivity index (χ1n) is 6.91. The van der Waals surface area contributed by atoms with E-state index in [9.17, 15) is 8.42 Å². The predicted octanol–water partition coefficient (Wildman–Crippen LogP) is 1.45. The third-order valence-corrected chi connectivity index (χ3v) is 5.10. The van der Waals surface area contributed by atoms with Crippen molar-refractivity contribution in [3.63, 3.8) is 0 Å². The zero-order valence-electron chi connectivity index (χ0n) is 13.0. The summed E-state index contributed by atoms with van der Waals surface area (Å²) in [5, 5.41) is 0. The Morgan fingerprint density at radius 3 is 2.57 bits per heavy atom. The van der Waals surface area contributed by atoms with Crippen LogP contribution in [0.1, 0.15) is 32.8 Å². The van der Waals surface area contributed by atoms with Crippen LogP contribution in [0.5, 0.6) is 0 Å². The van der Waals surface area contributed by atoms with Gasteiger partial charge in [0, 0.05) is 31.0 Å². The maximum absolute atomic E-state index is 12.6. The monoisotopic (exact) mass is 309 g/mol. The second kappa shape index (κ2) is 7.55. The number of sulfonamides is 1. The summed E-state index contributed by atoms with van der Waals surface area (Å²) >= 11 is 0. The molecule has 1 aromatic rings. The van der Waals surface area contributed by atoms with E-state index in [-0.39, 0.29) is 17.5 Å². The van der Waals surface area contributed by atoms with Crippen LogP contribution in [0.25, 0.3) is 0 Å². The maximum Gasteiger partial charge on any atom is 0.244 e. The summed E-state index contributed by atoms with van der Waals surface area (Å²) in [5.74, 6) is 5.92. The predicted molar refractivity (Wildman–Crippen MR) is 84.0 cm³/mol. The molecule has 0 aromatic carbocycles. The van der Waals surface area contributed by atoms with Crippen molar-refractivity contribution in [3.05, 3.63) is 24.0 Å². The second-order valence-electron chi connectivity index (χ2n) is 5.42. The smallest absolute Gasteiger partial charge is 0.244 e. The first-order valence-corrected chi connectivity index (χ1v) is 8.35. The van der Waals surface area contributed by atoms with E-state index >= 15 is 0 Å². The van der Waals surface area contributed by atoms with Crippen LogP contribution in [0.2, 0.25) is 0 Å². The standard InChI is InChI=1S/C15H23N3O2S/c1-12(2)8-13(3)18(4)21(19,20)15-9-14(6-5-7-16)10-17-11-15/h9-13H,7-8,16H2,1-4H3. The van der Waals surface area contributed by atoms with E-state index in [1.807, 2.05) is 6.92 Å². The van der Waals surface area contributed by atoms with Crippen molar-refractivity contribution < 1.29 is 8.42 Å². The van der Waals surface area contributed by atoms with Crippen LogP contribution in [0.15, 0.2) is 23.4 Å². The van der Waals surface area contributed by atoms with Gasteiger partial charge in [-0.2, -0.15) is 4.31 Å². The van der Waals surface area contributed by atoms with Gasteiger partial charge >= 0.3 is 0 Å². The van der Waals surface area contributed by atoms with Gasteiger partial charge in [0.05, 0.1) is 6.54 Å². The van der Waals surface area contributed by atoms with Gasteiger partial charge in [-0.1, -0.05) is 25.7 Å². The molecule has 0 amide bonds. The van der Waals surface area contributed by atoms with Crippen LogP contribution < -0.4 is 5.73 Å². The number of nitrogens with two attached hydrogens (primary N) is 1. The Morgan fingerprint density at radius 1 is 1.33 bits per heavy atom. The highest BCUT2D eigenvalue weighted by atomic mass is 32.2. The quantitative estimate of drug-likeness (QED) is 0.835. The molecule has 1 rings (SSSR count). The first kappa shape index (κ1) is 17.6. The van der Waals surface area contributed by atoms with Crippen molar-refractivity contribution in [1.82, 2.24) is 9.29 Å². The zero-order valence-corrected chi connectivity index (χ0v) is 13.8. The SMILES string of the molecule is CC(C)CC(C)N(C)S(=O)(=O)c1cncc(C#CCN)c1. The Balaban J connectivity index is 3.07. The minimum atomic E-state index is -3.56. The molecule has 0 aliphatic rings. The van der Waals surface area contributed by atoms with E-state index in [0.29, 0.717) is 11.5 Å². The van der Waals surface area contributed by atoms with Crippen molar-refractivity contribution in [3.8, 4) is 11.8 Å². The fourth-order valence-corrected chi connectivity index (χ4v) is 3.38. The molecule has 0 aliphatic heterocycles. The highest BCUT2D eigenvalue weighted by Gasteiger charge is 2.26. The van der Waals surface area contributed by atoms with E-state index < -0.39 is 10.0 Å². The molecule has 5 nitrogen and oxygen atoms in total. The summed E-state index contributed by atoms with van der Waals surface area (Å²) in [6, 6.07) is 1.46. The largest absolute Gasteiger partial charge is 0.320 e. The van der Waals surface area contributed by atoms with E-state index in [4.69, 9.17) is 5.73 Å². The molecule has 0 aliphatic carbocycles. The van der Waals surface area contributed by atoms with Gasteiger partial charge in [-0.3, -0.25) is 4.98 Å². The molecule has 116 valence electrons. The van der Waals surface area contributed by atoms with Crippen LogP contribution in [-0.4, -0.2) is 37.3 Å².